The quantitative estimate of drug-likeness (QED) is 0.124. The lowest BCUT2D eigenvalue weighted by atomic mass is 9.81. The molecule has 7 heterocycles. The first-order valence-corrected chi connectivity index (χ1v) is 42.7. The van der Waals surface area contributed by atoms with E-state index in [4.69, 9.17) is 30.7 Å². The van der Waals surface area contributed by atoms with Crippen LogP contribution in [0.15, 0.2) is 326 Å². The van der Waals surface area contributed by atoms with E-state index < -0.39 is 23.3 Å². The Balaban J connectivity index is 0.000000103. The fraction of sp³-hybridized carbons (Fsp3) is 0.0265. The maximum atomic E-state index is 15.2. The number of hydrogen-bond acceptors (Lipinski definition) is 6. The van der Waals surface area contributed by atoms with Gasteiger partial charge in [-0.25, -0.2) is 36.9 Å². The summed E-state index contributed by atoms with van der Waals surface area (Å²) in [6.45, 7) is 35.0. The monoisotopic (exact) mass is 1720 g/mol. The van der Waals surface area contributed by atoms with Crippen molar-refractivity contribution in [1.29, 1.82) is 21.0 Å². The van der Waals surface area contributed by atoms with E-state index in [1.807, 2.05) is 206 Å². The molecule has 132 heavy (non-hydrogen) atoms. The molecule has 616 valence electrons. The summed E-state index contributed by atoms with van der Waals surface area (Å²) in [5.74, 6) is -3.14. The smallest absolute Gasteiger partial charge is 0.246 e. The third-order valence-corrected chi connectivity index (χ3v) is 26.6. The molecule has 25 rings (SSSR count). The molecule has 14 nitrogen and oxygen atoms in total. The molecular formula is C113H59F4N13OS. The van der Waals surface area contributed by atoms with E-state index in [-0.39, 0.29) is 50.4 Å². The molecule has 19 heteroatoms. The highest BCUT2D eigenvalue weighted by atomic mass is 32.1. The van der Waals surface area contributed by atoms with Gasteiger partial charge in [0, 0.05) is 102 Å². The number of rotatable bonds is 5. The molecule has 0 amide bonds. The third-order valence-electron chi connectivity index (χ3n) is 25.4. The van der Waals surface area contributed by atoms with Gasteiger partial charge in [0.2, 0.25) is 22.7 Å². The van der Waals surface area contributed by atoms with Crippen molar-refractivity contribution in [2.24, 2.45) is 0 Å². The SMILES string of the molecule is [C-]#[N+]c1c(-n2c3ccccc3c3cc4c(cc32)oc2ccccc24)ccc(C#N)c1F.[C-]#[N+]c1c(-n2c3ccccc3c3cc4c(cc32)sc2ccccc24)ccc(C#N)c1F.[C-]#[N+]c1c(-n2c3ccccc3c3cc4c5ccccc5n(-c5ccccc5)c4cc32)ccc(C#N)c1F.[C-]#[N+]c1c(-n2c3ccccc3c3ccc4c(c32)C(C)(C)c2ccccc2-4)ccc(C#N)c1F. The lowest BCUT2D eigenvalue weighted by Crippen LogP contribution is -2.16. The van der Waals surface area contributed by atoms with Gasteiger partial charge < -0.3 is 27.3 Å². The van der Waals surface area contributed by atoms with E-state index in [1.54, 1.807) is 35.6 Å². The van der Waals surface area contributed by atoms with Crippen LogP contribution < -0.4 is 0 Å². The van der Waals surface area contributed by atoms with Crippen molar-refractivity contribution in [3.63, 3.8) is 0 Å². The van der Waals surface area contributed by atoms with Crippen molar-refractivity contribution in [3.05, 3.63) is 424 Å². The summed E-state index contributed by atoms with van der Waals surface area (Å²) in [6.07, 6.45) is 0. The van der Waals surface area contributed by atoms with Gasteiger partial charge in [0.1, 0.15) is 58.7 Å². The fourth-order valence-electron chi connectivity index (χ4n) is 19.7. The Hall–Kier alpha value is -18.6. The second-order valence-electron chi connectivity index (χ2n) is 32.5. The highest BCUT2D eigenvalue weighted by Gasteiger charge is 2.39. The van der Waals surface area contributed by atoms with Crippen LogP contribution in [0.1, 0.15) is 47.2 Å². The molecule has 1 aliphatic rings. The fourth-order valence-corrected chi connectivity index (χ4v) is 20.8. The summed E-state index contributed by atoms with van der Waals surface area (Å²) in [7, 11) is 0. The van der Waals surface area contributed by atoms with Crippen LogP contribution in [0.3, 0.4) is 0 Å². The number of hydrogen-bond donors (Lipinski definition) is 0. The number of aromatic nitrogens is 5. The van der Waals surface area contributed by atoms with Crippen molar-refractivity contribution in [1.82, 2.24) is 22.8 Å². The van der Waals surface area contributed by atoms with Crippen molar-refractivity contribution in [2.75, 3.05) is 0 Å². The summed E-state index contributed by atoms with van der Waals surface area (Å²) < 4.78 is 78.4. The van der Waals surface area contributed by atoms with E-state index in [2.05, 4.69) is 147 Å². The summed E-state index contributed by atoms with van der Waals surface area (Å²) in [5.41, 5.74) is 16.8. The van der Waals surface area contributed by atoms with Crippen LogP contribution >= 0.6 is 11.3 Å². The molecule has 0 bridgehead atoms. The van der Waals surface area contributed by atoms with E-state index in [1.165, 1.54) is 50.9 Å². The average molecular weight is 1720 g/mol. The normalized spacial score (nSPS) is 11.9. The highest BCUT2D eigenvalue weighted by Crippen LogP contribution is 2.55. The molecule has 0 saturated carbocycles. The van der Waals surface area contributed by atoms with E-state index in [0.29, 0.717) is 22.7 Å². The summed E-state index contributed by atoms with van der Waals surface area (Å²) in [6, 6.07) is 112. The molecule has 0 spiro atoms. The number of fused-ring (bicyclic) bond motifs is 25. The van der Waals surface area contributed by atoms with Crippen LogP contribution in [0.2, 0.25) is 0 Å². The first kappa shape index (κ1) is 79.3. The Morgan fingerprint density at radius 1 is 0.288 bits per heavy atom. The first-order valence-electron chi connectivity index (χ1n) is 41.9. The van der Waals surface area contributed by atoms with Gasteiger partial charge in [-0.3, -0.25) is 0 Å². The van der Waals surface area contributed by atoms with Gasteiger partial charge in [-0.1, -0.05) is 196 Å². The minimum absolute atomic E-state index is 0.122. The van der Waals surface area contributed by atoms with Gasteiger partial charge in [-0.05, 0) is 156 Å². The number of nitriles is 4. The van der Waals surface area contributed by atoms with Crippen molar-refractivity contribution >= 4 is 185 Å². The zero-order valence-electron chi connectivity index (χ0n) is 69.7. The molecule has 0 saturated heterocycles. The maximum absolute atomic E-state index is 15.2. The Bertz CT molecular complexity index is 9330. The maximum Gasteiger partial charge on any atom is 0.246 e. The zero-order chi connectivity index (χ0) is 90.2. The van der Waals surface area contributed by atoms with Crippen LogP contribution in [-0.4, -0.2) is 22.8 Å². The van der Waals surface area contributed by atoms with Gasteiger partial charge in [0.15, 0.2) is 0 Å². The van der Waals surface area contributed by atoms with E-state index in [9.17, 15) is 29.8 Å². The minimum atomic E-state index is -0.800. The second-order valence-corrected chi connectivity index (χ2v) is 33.6. The van der Waals surface area contributed by atoms with Crippen LogP contribution in [0.5, 0.6) is 0 Å². The van der Waals surface area contributed by atoms with Crippen LogP contribution in [0.25, 0.3) is 210 Å². The summed E-state index contributed by atoms with van der Waals surface area (Å²) >= 11 is 1.72. The molecule has 0 radical (unpaired) electrons. The molecule has 0 N–H and O–H groups in total. The number of furan rings is 1. The van der Waals surface area contributed by atoms with Gasteiger partial charge in [-0.15, -0.1) is 11.3 Å². The van der Waals surface area contributed by atoms with Gasteiger partial charge in [0.25, 0.3) is 0 Å². The Kier molecular flexibility index (Phi) is 18.6. The first-order chi connectivity index (χ1) is 64.6. The number of halogens is 4. The van der Waals surface area contributed by atoms with Crippen molar-refractivity contribution < 1.29 is 22.0 Å². The molecule has 0 aliphatic heterocycles. The second kappa shape index (κ2) is 30.9. The van der Waals surface area contributed by atoms with Gasteiger partial charge in [0.05, 0.1) is 126 Å². The molecule has 0 fully saturated rings. The zero-order valence-corrected chi connectivity index (χ0v) is 70.6. The van der Waals surface area contributed by atoms with Crippen molar-refractivity contribution in [3.8, 4) is 63.8 Å². The largest absolute Gasteiger partial charge is 0.456 e. The van der Waals surface area contributed by atoms with Gasteiger partial charge in [-0.2, -0.15) is 21.0 Å². The lowest BCUT2D eigenvalue weighted by molar-refractivity contribution is 0.628. The number of benzene rings is 17. The summed E-state index contributed by atoms with van der Waals surface area (Å²) in [4.78, 5) is 13.9. The molecule has 1 aliphatic carbocycles. The number of thiophene rings is 1. The van der Waals surface area contributed by atoms with Crippen LogP contribution in [0, 0.1) is 94.9 Å². The Labute approximate surface area is 753 Å². The molecule has 0 atom stereocenters. The van der Waals surface area contributed by atoms with Crippen molar-refractivity contribution in [2.45, 2.75) is 19.3 Å². The number of para-hydroxylation sites is 7. The van der Waals surface area contributed by atoms with Crippen LogP contribution in [-0.2, 0) is 5.41 Å². The predicted octanol–water partition coefficient (Wildman–Crippen LogP) is 31.1. The molecule has 24 aromatic rings. The average Bonchev–Trinajstić information content (AvgIpc) is 1.53. The third kappa shape index (κ3) is 11.9. The molecule has 7 aromatic heterocycles. The standard InChI is InChI=1S/C32H17FN4.C29H18FN3.C26H12FN3O.C26H12FN3S/c1-35-32-28(16-15-20(19-34)31(32)33)37-27-14-8-6-12-23(27)25-17-24-22-11-5-7-13-26(22)36(29(24)18-30(25)37)21-9-3-2-4-10-21;1-29(2)22-10-6-4-8-18(22)20-13-14-21-19-9-5-7-11-23(19)33(28(21)25(20)29)24-15-12-17(16-31)26(30)27(24)32-3;2*1-29-26-21(11-10-15(14-28)25(26)27)30-20-8-4-2-6-16(20)18-12-19-17-7-3-5-9-23(17)31-24(19)13-22(18)30/h2-18H;4-15H,1-2H3;2*2-13H. The van der Waals surface area contributed by atoms with Gasteiger partial charge >= 0.3 is 0 Å². The summed E-state index contributed by atoms with van der Waals surface area (Å²) in [5, 5.41) is 51.9. The predicted molar refractivity (Wildman–Crippen MR) is 519 cm³/mol. The topological polar surface area (TPSA) is 150 Å². The van der Waals surface area contributed by atoms with Crippen LogP contribution in [0.4, 0.5) is 40.3 Å². The van der Waals surface area contributed by atoms with E-state index in [0.717, 1.165) is 152 Å². The Morgan fingerprint density at radius 2 is 0.652 bits per heavy atom. The van der Waals surface area contributed by atoms with E-state index >= 15 is 8.78 Å². The number of nitrogens with zero attached hydrogens (tertiary/aromatic N) is 13. The lowest BCUT2D eigenvalue weighted by Gasteiger charge is -2.24. The molecule has 0 unspecified atom stereocenters. The minimum Gasteiger partial charge on any atom is -0.456 e. The highest BCUT2D eigenvalue weighted by molar-refractivity contribution is 7.25. The molecular weight excluding hydrogens is 1660 g/mol. The Morgan fingerprint density at radius 3 is 1.13 bits per heavy atom. The molecule has 17 aromatic carbocycles.